The number of nitrogens with one attached hydrogen (secondary N) is 2. The van der Waals surface area contributed by atoms with Gasteiger partial charge in [-0.1, -0.05) is 33.6 Å². The van der Waals surface area contributed by atoms with Gasteiger partial charge in [0.25, 0.3) is 11.8 Å². The van der Waals surface area contributed by atoms with Crippen LogP contribution in [0.2, 0.25) is 0 Å². The molecule has 8 heteroatoms. The predicted octanol–water partition coefficient (Wildman–Crippen LogP) is 1.73. The molecule has 2 rings (SSSR count). The number of nitrogens with zero attached hydrogens (tertiary/aromatic N) is 1. The number of urea groups is 1. The summed E-state index contributed by atoms with van der Waals surface area (Å²) in [4.78, 5) is 49.5. The Bertz CT molecular complexity index is 630. The van der Waals surface area contributed by atoms with Crippen LogP contribution in [0.1, 0.15) is 66.7 Å². The number of esters is 1. The number of carbonyl (C=O) groups excluding carboxylic acids is 4. The molecule has 1 saturated heterocycles. The molecule has 0 aromatic carbocycles. The first kappa shape index (κ1) is 21.2. The molecule has 1 spiro atoms. The van der Waals surface area contributed by atoms with Gasteiger partial charge in [0.15, 0.2) is 6.61 Å². The smallest absolute Gasteiger partial charge is 0.326 e. The summed E-state index contributed by atoms with van der Waals surface area (Å²) in [5, 5.41) is 5.55. The van der Waals surface area contributed by atoms with E-state index in [0.717, 1.165) is 24.2 Å². The van der Waals surface area contributed by atoms with E-state index >= 15 is 0 Å². The summed E-state index contributed by atoms with van der Waals surface area (Å²) >= 11 is 0. The molecule has 8 nitrogen and oxygen atoms in total. The molecule has 2 aliphatic rings. The Kier molecular flexibility index (Phi) is 5.87. The van der Waals surface area contributed by atoms with Crippen molar-refractivity contribution in [1.29, 1.82) is 0 Å². The van der Waals surface area contributed by atoms with Gasteiger partial charge in [0, 0.05) is 5.54 Å². The fourth-order valence-corrected chi connectivity index (χ4v) is 4.24. The number of hydrogen-bond acceptors (Lipinski definition) is 5. The van der Waals surface area contributed by atoms with Crippen LogP contribution in [0.25, 0.3) is 0 Å². The summed E-state index contributed by atoms with van der Waals surface area (Å²) < 4.78 is 4.96. The van der Waals surface area contributed by atoms with Gasteiger partial charge >= 0.3 is 12.0 Å². The second-order valence-electron chi connectivity index (χ2n) is 9.44. The number of amides is 4. The van der Waals surface area contributed by atoms with Crippen LogP contribution in [0.5, 0.6) is 0 Å². The van der Waals surface area contributed by atoms with Crippen molar-refractivity contribution in [2.45, 2.75) is 77.8 Å². The van der Waals surface area contributed by atoms with Crippen molar-refractivity contribution < 1.29 is 23.9 Å². The molecule has 1 aliphatic carbocycles. The van der Waals surface area contributed by atoms with E-state index in [1.807, 2.05) is 13.8 Å². The van der Waals surface area contributed by atoms with E-state index in [2.05, 4.69) is 31.4 Å². The Morgan fingerprint density at radius 2 is 1.74 bits per heavy atom. The van der Waals surface area contributed by atoms with Gasteiger partial charge in [-0.15, -0.1) is 0 Å². The Hall–Kier alpha value is -2.12. The highest BCUT2D eigenvalue weighted by atomic mass is 16.5. The fourth-order valence-electron chi connectivity index (χ4n) is 4.24. The van der Waals surface area contributed by atoms with E-state index in [0.29, 0.717) is 12.8 Å². The summed E-state index contributed by atoms with van der Waals surface area (Å²) in [6, 6.07) is -0.574. The molecular weight excluding hydrogens is 350 g/mol. The van der Waals surface area contributed by atoms with E-state index in [4.69, 9.17) is 4.74 Å². The maximum atomic E-state index is 12.5. The SMILES string of the molecule is CC(C)(C)CC(C)(C)NC(=O)COC(=O)CN1C(=O)NC2(CCCC2)C1=O. The van der Waals surface area contributed by atoms with Crippen molar-refractivity contribution >= 4 is 23.8 Å². The van der Waals surface area contributed by atoms with Crippen LogP contribution in [0.15, 0.2) is 0 Å². The van der Waals surface area contributed by atoms with Crippen LogP contribution < -0.4 is 10.6 Å². The summed E-state index contributed by atoms with van der Waals surface area (Å²) in [7, 11) is 0. The minimum atomic E-state index is -0.855. The number of hydrogen-bond donors (Lipinski definition) is 2. The lowest BCUT2D eigenvalue weighted by molar-refractivity contribution is -0.151. The lowest BCUT2D eigenvalue weighted by Crippen LogP contribution is -2.47. The molecule has 0 aromatic heterocycles. The number of rotatable bonds is 6. The molecule has 1 aliphatic heterocycles. The van der Waals surface area contributed by atoms with Gasteiger partial charge < -0.3 is 15.4 Å². The fraction of sp³-hybridized carbons (Fsp3) is 0.789. The van der Waals surface area contributed by atoms with Gasteiger partial charge in [-0.2, -0.15) is 0 Å². The molecule has 2 fully saturated rings. The molecular formula is C19H31N3O5. The van der Waals surface area contributed by atoms with Gasteiger partial charge in [-0.05, 0) is 38.5 Å². The monoisotopic (exact) mass is 381 g/mol. The highest BCUT2D eigenvalue weighted by molar-refractivity contribution is 6.08. The molecule has 0 aromatic rings. The largest absolute Gasteiger partial charge is 0.454 e. The summed E-state index contributed by atoms with van der Waals surface area (Å²) in [5.74, 6) is -1.57. The van der Waals surface area contributed by atoms with Crippen molar-refractivity contribution in [3.63, 3.8) is 0 Å². The van der Waals surface area contributed by atoms with Crippen LogP contribution in [0, 0.1) is 5.41 Å². The Balaban J connectivity index is 1.81. The standard InChI is InChI=1S/C19H31N3O5/c1-17(2,3)12-18(4,5)20-13(23)11-27-14(24)10-22-15(25)19(21-16(22)26)8-6-7-9-19/h6-12H2,1-5H3,(H,20,23)(H,21,26). The van der Waals surface area contributed by atoms with Crippen molar-refractivity contribution in [3.05, 3.63) is 0 Å². The maximum absolute atomic E-state index is 12.5. The van der Waals surface area contributed by atoms with Crippen LogP contribution in [-0.2, 0) is 19.1 Å². The maximum Gasteiger partial charge on any atom is 0.326 e. The Morgan fingerprint density at radius 1 is 1.15 bits per heavy atom. The molecule has 2 N–H and O–H groups in total. The lowest BCUT2D eigenvalue weighted by atomic mass is 9.82. The average Bonchev–Trinajstić information content (AvgIpc) is 3.04. The third-order valence-electron chi connectivity index (χ3n) is 4.80. The Labute approximate surface area is 160 Å². The van der Waals surface area contributed by atoms with Crippen molar-refractivity contribution in [2.75, 3.05) is 13.2 Å². The highest BCUT2D eigenvalue weighted by Gasteiger charge is 2.52. The topological polar surface area (TPSA) is 105 Å². The first-order chi connectivity index (χ1) is 12.3. The van der Waals surface area contributed by atoms with Crippen molar-refractivity contribution in [1.82, 2.24) is 15.5 Å². The second-order valence-corrected chi connectivity index (χ2v) is 9.44. The third-order valence-corrected chi connectivity index (χ3v) is 4.80. The van der Waals surface area contributed by atoms with E-state index in [1.54, 1.807) is 0 Å². The van der Waals surface area contributed by atoms with Gasteiger partial charge in [0.05, 0.1) is 0 Å². The minimum Gasteiger partial charge on any atom is -0.454 e. The first-order valence-corrected chi connectivity index (χ1v) is 9.44. The quantitative estimate of drug-likeness (QED) is 0.538. The zero-order chi connectivity index (χ0) is 20.5. The molecule has 0 unspecified atom stereocenters. The van der Waals surface area contributed by atoms with Crippen LogP contribution >= 0.6 is 0 Å². The summed E-state index contributed by atoms with van der Waals surface area (Å²) in [6.45, 7) is 9.13. The van der Waals surface area contributed by atoms with Gasteiger partial charge in [-0.3, -0.25) is 19.3 Å². The molecule has 1 saturated carbocycles. The zero-order valence-corrected chi connectivity index (χ0v) is 16.9. The van der Waals surface area contributed by atoms with E-state index in [-0.39, 0.29) is 11.3 Å². The number of ether oxygens (including phenoxy) is 1. The lowest BCUT2D eigenvalue weighted by Gasteiger charge is -2.33. The Morgan fingerprint density at radius 3 is 2.30 bits per heavy atom. The van der Waals surface area contributed by atoms with Crippen LogP contribution in [-0.4, -0.2) is 52.9 Å². The second kappa shape index (κ2) is 7.48. The molecule has 1 heterocycles. The summed E-state index contributed by atoms with van der Waals surface area (Å²) in [6.07, 6.45) is 3.68. The molecule has 0 bridgehead atoms. The van der Waals surface area contributed by atoms with E-state index in [9.17, 15) is 19.2 Å². The molecule has 4 amide bonds. The van der Waals surface area contributed by atoms with Gasteiger partial charge in [-0.25, -0.2) is 4.79 Å². The normalized spacial score (nSPS) is 19.4. The molecule has 0 radical (unpaired) electrons. The van der Waals surface area contributed by atoms with Gasteiger partial charge in [0.2, 0.25) is 0 Å². The van der Waals surface area contributed by atoms with Gasteiger partial charge in [0.1, 0.15) is 12.1 Å². The molecule has 0 atom stereocenters. The van der Waals surface area contributed by atoms with Crippen LogP contribution in [0.4, 0.5) is 4.79 Å². The molecule has 152 valence electrons. The zero-order valence-electron chi connectivity index (χ0n) is 16.9. The van der Waals surface area contributed by atoms with Crippen molar-refractivity contribution in [2.24, 2.45) is 5.41 Å². The number of imide groups is 1. The summed E-state index contributed by atoms with van der Waals surface area (Å²) in [5.41, 5.74) is -1.26. The minimum absolute atomic E-state index is 0.0349. The third kappa shape index (κ3) is 5.43. The highest BCUT2D eigenvalue weighted by Crippen LogP contribution is 2.34. The first-order valence-electron chi connectivity index (χ1n) is 9.44. The average molecular weight is 381 g/mol. The number of carbonyl (C=O) groups is 4. The van der Waals surface area contributed by atoms with Crippen LogP contribution in [0.3, 0.4) is 0 Å². The van der Waals surface area contributed by atoms with E-state index < -0.39 is 42.1 Å². The molecule has 27 heavy (non-hydrogen) atoms. The predicted molar refractivity (Wildman–Crippen MR) is 98.7 cm³/mol. The van der Waals surface area contributed by atoms with Crippen molar-refractivity contribution in [3.8, 4) is 0 Å². The van der Waals surface area contributed by atoms with E-state index in [1.165, 1.54) is 0 Å².